The van der Waals surface area contributed by atoms with E-state index in [1.165, 1.54) is 11.2 Å². The van der Waals surface area contributed by atoms with Crippen LogP contribution in [0.15, 0.2) is 11.8 Å². The molecule has 0 bridgehead atoms. The van der Waals surface area contributed by atoms with Crippen LogP contribution in [0, 0.1) is 6.92 Å². The second-order valence-electron chi connectivity index (χ2n) is 8.60. The van der Waals surface area contributed by atoms with Gasteiger partial charge in [0.15, 0.2) is 17.0 Å². The summed E-state index contributed by atoms with van der Waals surface area (Å²) >= 11 is 1.65. The van der Waals surface area contributed by atoms with E-state index in [4.69, 9.17) is 9.72 Å². The zero-order valence-corrected chi connectivity index (χ0v) is 19.2. The molecule has 3 aromatic heterocycles. The number of rotatable bonds is 5. The lowest BCUT2D eigenvalue weighted by Crippen LogP contribution is -2.38. The minimum Gasteiger partial charge on any atom is -0.378 e. The summed E-state index contributed by atoms with van der Waals surface area (Å²) in [5.41, 5.74) is 3.57. The minimum atomic E-state index is -4.36. The van der Waals surface area contributed by atoms with E-state index in [1.54, 1.807) is 11.3 Å². The van der Waals surface area contributed by atoms with Crippen LogP contribution in [-0.2, 0) is 17.8 Å². The predicted molar refractivity (Wildman–Crippen MR) is 119 cm³/mol. The molecule has 1 atom stereocenters. The third-order valence-corrected chi connectivity index (χ3v) is 7.13. The molecule has 5 rings (SSSR count). The molecule has 2 aliphatic heterocycles. The van der Waals surface area contributed by atoms with E-state index >= 15 is 0 Å². The molecule has 178 valence electrons. The highest BCUT2D eigenvalue weighted by molar-refractivity contribution is 7.09. The maximum Gasteiger partial charge on any atom is 0.406 e. The molecular formula is C21H26F3N7OS. The van der Waals surface area contributed by atoms with Gasteiger partial charge in [0.05, 0.1) is 30.7 Å². The number of anilines is 1. The molecule has 3 aromatic rings. The first-order valence-corrected chi connectivity index (χ1v) is 12.0. The van der Waals surface area contributed by atoms with Crippen molar-refractivity contribution >= 4 is 28.3 Å². The van der Waals surface area contributed by atoms with Crippen molar-refractivity contribution in [1.29, 1.82) is 0 Å². The summed E-state index contributed by atoms with van der Waals surface area (Å²) in [5, 5.41) is 0. The highest BCUT2D eigenvalue weighted by Gasteiger charge is 2.31. The number of nitrogens with zero attached hydrogens (tertiary/aromatic N) is 7. The summed E-state index contributed by atoms with van der Waals surface area (Å²) in [6.07, 6.45) is -1.25. The number of halogens is 3. The second-order valence-corrected chi connectivity index (χ2v) is 9.54. The normalized spacial score (nSPS) is 20.6. The molecule has 0 radical (unpaired) electrons. The summed E-state index contributed by atoms with van der Waals surface area (Å²) in [6, 6.07) is 0. The van der Waals surface area contributed by atoms with Gasteiger partial charge >= 0.3 is 6.18 Å². The van der Waals surface area contributed by atoms with Gasteiger partial charge in [-0.15, -0.1) is 11.3 Å². The number of alkyl halides is 3. The van der Waals surface area contributed by atoms with Crippen molar-refractivity contribution in [2.24, 2.45) is 0 Å². The Balaban J connectivity index is 1.48. The maximum absolute atomic E-state index is 13.2. The third kappa shape index (κ3) is 4.97. The van der Waals surface area contributed by atoms with Crippen molar-refractivity contribution in [3.05, 3.63) is 28.2 Å². The van der Waals surface area contributed by atoms with E-state index in [2.05, 4.69) is 19.9 Å². The first-order valence-electron chi connectivity index (χ1n) is 11.1. The van der Waals surface area contributed by atoms with Crippen LogP contribution in [0.1, 0.15) is 35.2 Å². The van der Waals surface area contributed by atoms with Gasteiger partial charge in [-0.05, 0) is 26.3 Å². The highest BCUT2D eigenvalue weighted by atomic mass is 32.1. The lowest BCUT2D eigenvalue weighted by molar-refractivity contribution is -0.140. The third-order valence-electron chi connectivity index (χ3n) is 6.21. The Morgan fingerprint density at radius 1 is 1.15 bits per heavy atom. The number of hydrogen-bond acceptors (Lipinski definition) is 8. The molecular weight excluding hydrogens is 455 g/mol. The van der Waals surface area contributed by atoms with Gasteiger partial charge < -0.3 is 14.2 Å². The van der Waals surface area contributed by atoms with Crippen LogP contribution < -0.4 is 4.90 Å². The average Bonchev–Trinajstić information content (AvgIpc) is 3.39. The number of thiazole rings is 1. The fourth-order valence-electron chi connectivity index (χ4n) is 4.52. The number of imidazole rings is 1. The number of aromatic nitrogens is 5. The van der Waals surface area contributed by atoms with E-state index in [9.17, 15) is 13.2 Å². The SMILES string of the molecule is Cc1ncsc1CN1CCCC(c2nc(N3CCOCC3)c3ncn(CC(F)(F)F)c3n2)C1. The van der Waals surface area contributed by atoms with Gasteiger partial charge in [-0.25, -0.2) is 19.9 Å². The summed E-state index contributed by atoms with van der Waals surface area (Å²) in [4.78, 5) is 23.8. The van der Waals surface area contributed by atoms with Crippen LogP contribution >= 0.6 is 11.3 Å². The van der Waals surface area contributed by atoms with Crippen molar-refractivity contribution < 1.29 is 17.9 Å². The summed E-state index contributed by atoms with van der Waals surface area (Å²) < 4.78 is 46.1. The van der Waals surface area contributed by atoms with Gasteiger partial charge in [0, 0.05) is 37.0 Å². The average molecular weight is 482 g/mol. The molecule has 2 fully saturated rings. The van der Waals surface area contributed by atoms with E-state index in [1.807, 2.05) is 17.3 Å². The van der Waals surface area contributed by atoms with Crippen LogP contribution in [0.5, 0.6) is 0 Å². The van der Waals surface area contributed by atoms with Crippen LogP contribution in [-0.4, -0.2) is 75.0 Å². The van der Waals surface area contributed by atoms with E-state index < -0.39 is 12.7 Å². The molecule has 2 saturated heterocycles. The maximum atomic E-state index is 13.2. The van der Waals surface area contributed by atoms with E-state index in [-0.39, 0.29) is 11.6 Å². The molecule has 33 heavy (non-hydrogen) atoms. The molecule has 0 amide bonds. The minimum absolute atomic E-state index is 0.0467. The molecule has 8 nitrogen and oxygen atoms in total. The molecule has 0 spiro atoms. The Kier molecular flexibility index (Phi) is 6.23. The molecule has 12 heteroatoms. The van der Waals surface area contributed by atoms with Crippen molar-refractivity contribution in [2.45, 2.75) is 44.9 Å². The molecule has 0 saturated carbocycles. The number of hydrogen-bond donors (Lipinski definition) is 0. The Morgan fingerprint density at radius 3 is 2.70 bits per heavy atom. The van der Waals surface area contributed by atoms with Crippen LogP contribution in [0.4, 0.5) is 19.0 Å². The van der Waals surface area contributed by atoms with Gasteiger partial charge in [0.2, 0.25) is 0 Å². The zero-order valence-electron chi connectivity index (χ0n) is 18.4. The fraction of sp³-hybridized carbons (Fsp3) is 0.619. The number of morpholine rings is 1. The topological polar surface area (TPSA) is 72.2 Å². The lowest BCUT2D eigenvalue weighted by Gasteiger charge is -2.33. The number of likely N-dealkylation sites (tertiary alicyclic amines) is 1. The monoisotopic (exact) mass is 481 g/mol. The molecule has 0 N–H and O–H groups in total. The van der Waals surface area contributed by atoms with Gasteiger partial charge in [0.1, 0.15) is 12.4 Å². The summed E-state index contributed by atoms with van der Waals surface area (Å²) in [7, 11) is 0. The van der Waals surface area contributed by atoms with E-state index in [0.29, 0.717) is 43.5 Å². The number of ether oxygens (including phenoxy) is 1. The summed E-state index contributed by atoms with van der Waals surface area (Å²) in [6.45, 7) is 5.79. The highest BCUT2D eigenvalue weighted by Crippen LogP contribution is 2.32. The Hall–Kier alpha value is -2.31. The Morgan fingerprint density at radius 2 is 1.97 bits per heavy atom. The standard InChI is InChI=1S/C21H26F3N7OS/c1-14-16(33-13-26-14)10-29-4-2-3-15(9-29)18-27-19(30-5-7-32-8-6-30)17-20(28-18)31(12-25-17)11-21(22,23)24/h12-13,15H,2-11H2,1H3. The molecule has 1 unspecified atom stereocenters. The lowest BCUT2D eigenvalue weighted by atomic mass is 9.97. The number of piperidine rings is 1. The Labute approximate surface area is 193 Å². The van der Waals surface area contributed by atoms with Crippen LogP contribution in [0.2, 0.25) is 0 Å². The van der Waals surface area contributed by atoms with Crippen molar-refractivity contribution in [2.75, 3.05) is 44.3 Å². The molecule has 0 aliphatic carbocycles. The first-order chi connectivity index (χ1) is 15.9. The molecule has 5 heterocycles. The Bertz CT molecular complexity index is 1110. The zero-order chi connectivity index (χ0) is 23.0. The van der Waals surface area contributed by atoms with E-state index in [0.717, 1.165) is 42.7 Å². The van der Waals surface area contributed by atoms with Crippen LogP contribution in [0.3, 0.4) is 0 Å². The first kappa shape index (κ1) is 22.5. The van der Waals surface area contributed by atoms with Crippen molar-refractivity contribution in [1.82, 2.24) is 29.4 Å². The van der Waals surface area contributed by atoms with Gasteiger partial charge in [-0.3, -0.25) is 4.90 Å². The number of aryl methyl sites for hydroxylation is 1. The predicted octanol–water partition coefficient (Wildman–Crippen LogP) is 3.37. The smallest absolute Gasteiger partial charge is 0.378 e. The van der Waals surface area contributed by atoms with Crippen molar-refractivity contribution in [3.8, 4) is 0 Å². The summed E-state index contributed by atoms with van der Waals surface area (Å²) in [5.74, 6) is 1.25. The van der Waals surface area contributed by atoms with Gasteiger partial charge in [-0.2, -0.15) is 13.2 Å². The largest absolute Gasteiger partial charge is 0.406 e. The van der Waals surface area contributed by atoms with Gasteiger partial charge in [-0.1, -0.05) is 0 Å². The number of fused-ring (bicyclic) bond motifs is 1. The fourth-order valence-corrected chi connectivity index (χ4v) is 5.34. The molecule has 0 aromatic carbocycles. The van der Waals surface area contributed by atoms with Crippen LogP contribution in [0.25, 0.3) is 11.2 Å². The second kappa shape index (κ2) is 9.15. The van der Waals surface area contributed by atoms with Gasteiger partial charge in [0.25, 0.3) is 0 Å². The molecule has 2 aliphatic rings. The quantitative estimate of drug-likeness (QED) is 0.553. The van der Waals surface area contributed by atoms with Crippen molar-refractivity contribution in [3.63, 3.8) is 0 Å².